The number of likely N-dealkylation sites (tertiary alicyclic amines) is 1. The zero-order valence-corrected chi connectivity index (χ0v) is 31.1. The molecule has 3 N–H and O–H groups in total. The maximum Gasteiger partial charge on any atom is 0.321 e. The molecule has 0 spiro atoms. The lowest BCUT2D eigenvalue weighted by atomic mass is 10.0. The molecule has 2 aliphatic rings. The number of nitrogens with zero attached hydrogens (tertiary/aromatic N) is 3. The molecule has 0 bridgehead atoms. The largest absolute Gasteiger partial charge is 0.494 e. The third kappa shape index (κ3) is 10.9. The van der Waals surface area contributed by atoms with Crippen LogP contribution in [0.25, 0.3) is 0 Å². The number of ether oxygens (including phenoxy) is 1. The number of hydrogen-bond donors (Lipinski definition) is 3. The van der Waals surface area contributed by atoms with Gasteiger partial charge in [-0.25, -0.2) is 9.79 Å². The fraction of sp³-hybridized carbons (Fsp3) is 0.333. The van der Waals surface area contributed by atoms with Gasteiger partial charge in [0.15, 0.2) is 0 Å². The lowest BCUT2D eigenvalue weighted by Crippen LogP contribution is -2.49. The Morgan fingerprint density at radius 1 is 0.906 bits per heavy atom. The van der Waals surface area contributed by atoms with Crippen molar-refractivity contribution >= 4 is 46.7 Å². The number of para-hydroxylation sites is 1. The number of benzene rings is 4. The molecule has 0 aliphatic carbocycles. The van der Waals surface area contributed by atoms with E-state index in [1.54, 1.807) is 11.0 Å². The first-order valence-corrected chi connectivity index (χ1v) is 19.5. The van der Waals surface area contributed by atoms with E-state index in [0.29, 0.717) is 49.0 Å². The molecule has 11 heteroatoms. The molecule has 1 saturated heterocycles. The predicted molar refractivity (Wildman–Crippen MR) is 214 cm³/mol. The van der Waals surface area contributed by atoms with Crippen molar-refractivity contribution in [2.75, 3.05) is 54.5 Å². The summed E-state index contributed by atoms with van der Waals surface area (Å²) in [5, 5.41) is 8.61. The van der Waals surface area contributed by atoms with Gasteiger partial charge in [-0.05, 0) is 80.7 Å². The number of carbonyl (C=O) groups is 3. The molecular weight excluding hydrogens is 685 g/mol. The highest BCUT2D eigenvalue weighted by molar-refractivity contribution is 7.99. The topological polar surface area (TPSA) is 115 Å². The van der Waals surface area contributed by atoms with E-state index in [0.717, 1.165) is 42.1 Å². The first-order chi connectivity index (χ1) is 25.9. The van der Waals surface area contributed by atoms with Gasteiger partial charge >= 0.3 is 6.03 Å². The second-order valence-corrected chi connectivity index (χ2v) is 14.4. The standard InChI is InChI=1S/C42H48N6O4S/c1-31-13-10-17-34(27-31)44-42(51)46-40-41(50)48(37-20-7-6-19-36(37)39(45-40)33-15-4-2-5-16-33)24-26-53-30-38(49)43-21-12-25-52-35-18-11-14-32(28-35)29-47-22-8-3-9-23-47/h2,4-7,10-11,13-20,27-28,40H,3,8-9,12,21-26,29-30H2,1H3,(H,43,49)(H2,44,46,51). The summed E-state index contributed by atoms with van der Waals surface area (Å²) in [5.74, 6) is 1.20. The average molecular weight is 733 g/mol. The molecule has 4 aromatic rings. The third-order valence-corrected chi connectivity index (χ3v) is 10.1. The van der Waals surface area contributed by atoms with Crippen LogP contribution in [-0.2, 0) is 16.1 Å². The van der Waals surface area contributed by atoms with E-state index in [2.05, 4.69) is 33.0 Å². The molecule has 4 amide bonds. The van der Waals surface area contributed by atoms with E-state index in [1.807, 2.05) is 91.9 Å². The molecule has 1 unspecified atom stereocenters. The van der Waals surface area contributed by atoms with Crippen LogP contribution in [0, 0.1) is 6.92 Å². The van der Waals surface area contributed by atoms with Crippen molar-refractivity contribution in [3.05, 3.63) is 125 Å². The lowest BCUT2D eigenvalue weighted by molar-refractivity contribution is -0.120. The summed E-state index contributed by atoms with van der Waals surface area (Å²) in [5.41, 5.74) is 5.81. The third-order valence-electron chi connectivity index (χ3n) is 9.16. The number of piperidine rings is 1. The Bertz CT molecular complexity index is 1880. The van der Waals surface area contributed by atoms with Gasteiger partial charge in [0, 0.05) is 42.2 Å². The fourth-order valence-corrected chi connectivity index (χ4v) is 7.31. The zero-order chi connectivity index (χ0) is 36.8. The summed E-state index contributed by atoms with van der Waals surface area (Å²) in [6.45, 7) is 6.57. The highest BCUT2D eigenvalue weighted by Crippen LogP contribution is 2.29. The quantitative estimate of drug-likeness (QED) is 0.118. The first-order valence-electron chi connectivity index (χ1n) is 18.4. The Kier molecular flexibility index (Phi) is 13.6. The number of amides is 4. The maximum absolute atomic E-state index is 14.1. The molecule has 276 valence electrons. The summed E-state index contributed by atoms with van der Waals surface area (Å²) in [6.07, 6.45) is 3.39. The predicted octanol–water partition coefficient (Wildman–Crippen LogP) is 6.63. The SMILES string of the molecule is Cc1cccc(NC(=O)NC2N=C(c3ccccc3)c3ccccc3N(CCSCC(=O)NCCCOc3cccc(CN4CCCCC4)c3)C2=O)c1. The van der Waals surface area contributed by atoms with Gasteiger partial charge in [0.1, 0.15) is 5.75 Å². The fourth-order valence-electron chi connectivity index (χ4n) is 6.57. The van der Waals surface area contributed by atoms with Gasteiger partial charge in [0.25, 0.3) is 5.91 Å². The van der Waals surface area contributed by atoms with Crippen molar-refractivity contribution in [1.29, 1.82) is 0 Å². The summed E-state index contributed by atoms with van der Waals surface area (Å²) in [6, 6.07) is 32.5. The second-order valence-electron chi connectivity index (χ2n) is 13.3. The van der Waals surface area contributed by atoms with E-state index >= 15 is 0 Å². The molecule has 10 nitrogen and oxygen atoms in total. The molecule has 4 aromatic carbocycles. The molecule has 2 aliphatic heterocycles. The number of anilines is 2. The molecule has 1 fully saturated rings. The Balaban J connectivity index is 1.01. The van der Waals surface area contributed by atoms with E-state index in [9.17, 15) is 14.4 Å². The van der Waals surface area contributed by atoms with Crippen molar-refractivity contribution in [1.82, 2.24) is 15.5 Å². The van der Waals surface area contributed by atoms with Gasteiger partial charge in [-0.2, -0.15) is 11.8 Å². The van der Waals surface area contributed by atoms with Crippen molar-refractivity contribution in [3.8, 4) is 5.75 Å². The van der Waals surface area contributed by atoms with Gasteiger partial charge in [-0.15, -0.1) is 0 Å². The van der Waals surface area contributed by atoms with E-state index in [1.165, 1.54) is 36.6 Å². The number of thioether (sulfide) groups is 1. The van der Waals surface area contributed by atoms with Crippen molar-refractivity contribution in [2.45, 2.75) is 45.3 Å². The molecule has 2 heterocycles. The number of urea groups is 1. The minimum absolute atomic E-state index is 0.0665. The number of nitrogens with one attached hydrogen (secondary N) is 3. The number of benzodiazepines with no additional fused rings is 1. The van der Waals surface area contributed by atoms with Crippen LogP contribution >= 0.6 is 11.8 Å². The van der Waals surface area contributed by atoms with Crippen LogP contribution in [0.3, 0.4) is 0 Å². The number of rotatable bonds is 15. The van der Waals surface area contributed by atoms with Gasteiger partial charge in [0.2, 0.25) is 12.1 Å². The minimum Gasteiger partial charge on any atom is -0.494 e. The number of carbonyl (C=O) groups excluding carboxylic acids is 3. The first kappa shape index (κ1) is 37.6. The van der Waals surface area contributed by atoms with Crippen LogP contribution in [0.5, 0.6) is 5.75 Å². The van der Waals surface area contributed by atoms with Gasteiger partial charge in [-0.1, -0.05) is 79.2 Å². The van der Waals surface area contributed by atoms with E-state index in [-0.39, 0.29) is 17.6 Å². The summed E-state index contributed by atoms with van der Waals surface area (Å²) >= 11 is 1.45. The summed E-state index contributed by atoms with van der Waals surface area (Å²) in [4.78, 5) is 49.0. The molecule has 0 aromatic heterocycles. The van der Waals surface area contributed by atoms with Crippen LogP contribution in [0.1, 0.15) is 47.9 Å². The number of fused-ring (bicyclic) bond motifs is 1. The summed E-state index contributed by atoms with van der Waals surface area (Å²) in [7, 11) is 0. The van der Waals surface area contributed by atoms with Crippen LogP contribution in [0.4, 0.5) is 16.2 Å². The molecule has 1 atom stereocenters. The smallest absolute Gasteiger partial charge is 0.321 e. The van der Waals surface area contributed by atoms with E-state index < -0.39 is 12.2 Å². The van der Waals surface area contributed by atoms with Crippen molar-refractivity contribution < 1.29 is 19.1 Å². The lowest BCUT2D eigenvalue weighted by Gasteiger charge is -2.26. The van der Waals surface area contributed by atoms with Crippen molar-refractivity contribution in [3.63, 3.8) is 0 Å². The van der Waals surface area contributed by atoms with Gasteiger partial charge in [0.05, 0.1) is 23.8 Å². The zero-order valence-electron chi connectivity index (χ0n) is 30.3. The molecule has 6 rings (SSSR count). The maximum atomic E-state index is 14.1. The minimum atomic E-state index is -1.17. The average Bonchev–Trinajstić information content (AvgIpc) is 3.28. The van der Waals surface area contributed by atoms with Crippen LogP contribution in [0.15, 0.2) is 108 Å². The highest BCUT2D eigenvalue weighted by atomic mass is 32.2. The monoisotopic (exact) mass is 732 g/mol. The molecular formula is C42H48N6O4S. The molecule has 0 saturated carbocycles. The Hall–Kier alpha value is -5.13. The van der Waals surface area contributed by atoms with E-state index in [4.69, 9.17) is 9.73 Å². The van der Waals surface area contributed by atoms with Gasteiger partial charge in [-0.3, -0.25) is 14.5 Å². The molecule has 53 heavy (non-hydrogen) atoms. The highest BCUT2D eigenvalue weighted by Gasteiger charge is 2.33. The van der Waals surface area contributed by atoms with Gasteiger partial charge < -0.3 is 25.6 Å². The number of aryl methyl sites for hydroxylation is 1. The normalized spacial score (nSPS) is 15.9. The van der Waals surface area contributed by atoms with Crippen LogP contribution in [-0.4, -0.2) is 78.9 Å². The Morgan fingerprint density at radius 2 is 1.70 bits per heavy atom. The van der Waals surface area contributed by atoms with Crippen molar-refractivity contribution in [2.24, 2.45) is 4.99 Å². The summed E-state index contributed by atoms with van der Waals surface area (Å²) < 4.78 is 5.98. The Morgan fingerprint density at radius 3 is 2.53 bits per heavy atom. The second kappa shape index (κ2) is 19.1. The van der Waals surface area contributed by atoms with Crippen LogP contribution in [0.2, 0.25) is 0 Å². The number of hydrogen-bond acceptors (Lipinski definition) is 7. The Labute approximate surface area is 316 Å². The molecule has 0 radical (unpaired) electrons. The van der Waals surface area contributed by atoms with Crippen LogP contribution < -0.4 is 25.6 Å². The number of aliphatic imine (C=N–C) groups is 1.